The molecule has 0 spiro atoms. The molecule has 3 rings (SSSR count). The van der Waals surface area contributed by atoms with Gasteiger partial charge in [-0.05, 0) is 26.3 Å². The van der Waals surface area contributed by atoms with E-state index in [1.807, 2.05) is 11.9 Å². The summed E-state index contributed by atoms with van der Waals surface area (Å²) >= 11 is 0. The fraction of sp³-hybridized carbons (Fsp3) is 0.667. The highest BCUT2D eigenvalue weighted by Gasteiger charge is 2.32. The molecule has 22 heavy (non-hydrogen) atoms. The van der Waals surface area contributed by atoms with Crippen molar-refractivity contribution in [3.8, 4) is 0 Å². The minimum atomic E-state index is -0.367. The van der Waals surface area contributed by atoms with Crippen molar-refractivity contribution in [1.82, 2.24) is 15.0 Å². The summed E-state index contributed by atoms with van der Waals surface area (Å²) in [6, 6.07) is 0. The van der Waals surface area contributed by atoms with E-state index in [1.165, 1.54) is 0 Å². The maximum Gasteiger partial charge on any atom is 0.276 e. The number of aryl methyl sites for hydroxylation is 1. The zero-order chi connectivity index (χ0) is 15.7. The van der Waals surface area contributed by atoms with Gasteiger partial charge in [0.25, 0.3) is 5.91 Å². The highest BCUT2D eigenvalue weighted by Crippen LogP contribution is 2.25. The maximum absolute atomic E-state index is 12.8. The Balaban J connectivity index is 1.81. The number of hydrogen-bond acceptors (Lipinski definition) is 5. The lowest BCUT2D eigenvalue weighted by atomic mass is 9.96. The second kappa shape index (κ2) is 6.08. The summed E-state index contributed by atoms with van der Waals surface area (Å²) in [7, 11) is 1.93. The zero-order valence-electron chi connectivity index (χ0n) is 12.9. The number of likely N-dealkylation sites (N-methyl/N-ethyl adjacent to an activating group) is 1. The van der Waals surface area contributed by atoms with Gasteiger partial charge in [-0.15, -0.1) is 0 Å². The first kappa shape index (κ1) is 15.0. The van der Waals surface area contributed by atoms with E-state index in [1.54, 1.807) is 4.90 Å². The standard InChI is InChI=1S/C15H22N4O3/c1-18-6-7-19(9-10(8-18)14(16)20)15(21)13-11-4-2-3-5-12(11)22-17-13/h10H,2-9H2,1H3,(H2,16,20)/t10-/m1/s1. The van der Waals surface area contributed by atoms with Crippen molar-refractivity contribution in [1.29, 1.82) is 0 Å². The second-order valence-corrected chi connectivity index (χ2v) is 6.25. The maximum atomic E-state index is 12.8. The van der Waals surface area contributed by atoms with Crippen molar-refractivity contribution >= 4 is 11.8 Å². The Kier molecular flexibility index (Phi) is 4.15. The summed E-state index contributed by atoms with van der Waals surface area (Å²) in [5, 5.41) is 4.00. The summed E-state index contributed by atoms with van der Waals surface area (Å²) < 4.78 is 5.33. The highest BCUT2D eigenvalue weighted by molar-refractivity contribution is 5.94. The lowest BCUT2D eigenvalue weighted by Gasteiger charge is -2.22. The number of nitrogens with two attached hydrogens (primary N) is 1. The number of aromatic nitrogens is 1. The quantitative estimate of drug-likeness (QED) is 0.833. The van der Waals surface area contributed by atoms with Gasteiger partial charge >= 0.3 is 0 Å². The molecule has 0 bridgehead atoms. The summed E-state index contributed by atoms with van der Waals surface area (Å²) in [4.78, 5) is 28.1. The van der Waals surface area contributed by atoms with E-state index in [2.05, 4.69) is 5.16 Å². The van der Waals surface area contributed by atoms with Crippen molar-refractivity contribution in [2.75, 3.05) is 33.2 Å². The monoisotopic (exact) mass is 306 g/mol. The van der Waals surface area contributed by atoms with Gasteiger partial charge in [-0.3, -0.25) is 9.59 Å². The molecule has 0 aromatic carbocycles. The van der Waals surface area contributed by atoms with Crippen LogP contribution in [0.15, 0.2) is 4.52 Å². The Hall–Kier alpha value is -1.89. The molecule has 0 radical (unpaired) electrons. The molecule has 1 aromatic heterocycles. The molecule has 2 aliphatic rings. The van der Waals surface area contributed by atoms with E-state index in [0.29, 0.717) is 25.3 Å². The largest absolute Gasteiger partial charge is 0.369 e. The van der Waals surface area contributed by atoms with E-state index in [4.69, 9.17) is 10.3 Å². The number of rotatable bonds is 2. The third-order valence-electron chi connectivity index (χ3n) is 4.57. The molecule has 2 N–H and O–H groups in total. The van der Waals surface area contributed by atoms with E-state index < -0.39 is 0 Å². The van der Waals surface area contributed by atoms with Gasteiger partial charge in [-0.1, -0.05) is 5.16 Å². The van der Waals surface area contributed by atoms with E-state index in [-0.39, 0.29) is 17.7 Å². The predicted octanol–water partition coefficient (Wildman–Crippen LogP) is 0.0425. The van der Waals surface area contributed by atoms with Crippen LogP contribution in [0.3, 0.4) is 0 Å². The second-order valence-electron chi connectivity index (χ2n) is 6.25. The first-order valence-electron chi connectivity index (χ1n) is 7.81. The normalized spacial score (nSPS) is 23.0. The molecule has 0 saturated carbocycles. The van der Waals surface area contributed by atoms with E-state index in [9.17, 15) is 9.59 Å². The molecule has 7 heteroatoms. The van der Waals surface area contributed by atoms with Gasteiger partial charge in [0.2, 0.25) is 5.91 Å². The number of amides is 2. The van der Waals surface area contributed by atoms with Crippen molar-refractivity contribution in [3.63, 3.8) is 0 Å². The molecular formula is C15H22N4O3. The molecule has 1 atom stereocenters. The van der Waals surface area contributed by atoms with Crippen LogP contribution in [0, 0.1) is 5.92 Å². The summed E-state index contributed by atoms with van der Waals surface area (Å²) in [5.74, 6) is -0.0191. The third-order valence-corrected chi connectivity index (χ3v) is 4.57. The lowest BCUT2D eigenvalue weighted by Crippen LogP contribution is -2.40. The number of hydrogen-bond donors (Lipinski definition) is 1. The van der Waals surface area contributed by atoms with Gasteiger partial charge in [0.15, 0.2) is 5.69 Å². The van der Waals surface area contributed by atoms with Crippen molar-refractivity contribution < 1.29 is 14.1 Å². The topological polar surface area (TPSA) is 92.7 Å². The zero-order valence-corrected chi connectivity index (χ0v) is 12.9. The molecule has 1 saturated heterocycles. The van der Waals surface area contributed by atoms with Gasteiger partial charge in [-0.25, -0.2) is 0 Å². The molecule has 7 nitrogen and oxygen atoms in total. The summed E-state index contributed by atoms with van der Waals surface area (Å²) in [6.07, 6.45) is 3.82. The minimum absolute atomic E-state index is 0.145. The van der Waals surface area contributed by atoms with Crippen molar-refractivity contribution in [3.05, 3.63) is 17.0 Å². The number of nitrogens with zero attached hydrogens (tertiary/aromatic N) is 3. The van der Waals surface area contributed by atoms with E-state index in [0.717, 1.165) is 43.6 Å². The molecule has 1 fully saturated rings. The van der Waals surface area contributed by atoms with Crippen molar-refractivity contribution in [2.45, 2.75) is 25.7 Å². The van der Waals surface area contributed by atoms with Crippen LogP contribution >= 0.6 is 0 Å². The fourth-order valence-corrected chi connectivity index (χ4v) is 3.24. The predicted molar refractivity (Wildman–Crippen MR) is 79.2 cm³/mol. The molecule has 120 valence electrons. The van der Waals surface area contributed by atoms with Gasteiger partial charge < -0.3 is 20.1 Å². The first-order chi connectivity index (χ1) is 10.6. The minimum Gasteiger partial charge on any atom is -0.369 e. The summed E-state index contributed by atoms with van der Waals surface area (Å²) in [6.45, 7) is 2.21. The van der Waals surface area contributed by atoms with Gasteiger partial charge in [-0.2, -0.15) is 0 Å². The average molecular weight is 306 g/mol. The van der Waals surface area contributed by atoms with Crippen LogP contribution in [0.4, 0.5) is 0 Å². The molecule has 1 aromatic rings. The van der Waals surface area contributed by atoms with Crippen LogP contribution in [-0.2, 0) is 17.6 Å². The number of carbonyl (C=O) groups is 2. The number of primary amides is 1. The third kappa shape index (κ3) is 2.85. The van der Waals surface area contributed by atoms with Gasteiger partial charge in [0, 0.05) is 38.2 Å². The SMILES string of the molecule is CN1CCN(C(=O)c2noc3c2CCCC3)C[C@H](C(N)=O)C1. The van der Waals surface area contributed by atoms with Crippen LogP contribution in [0.2, 0.25) is 0 Å². The van der Waals surface area contributed by atoms with Gasteiger partial charge in [0.1, 0.15) is 5.76 Å². The number of fused-ring (bicyclic) bond motifs is 1. The highest BCUT2D eigenvalue weighted by atomic mass is 16.5. The molecule has 1 aliphatic heterocycles. The molecule has 2 heterocycles. The van der Waals surface area contributed by atoms with Crippen LogP contribution in [-0.4, -0.2) is 60.0 Å². The van der Waals surface area contributed by atoms with Crippen LogP contribution < -0.4 is 5.73 Å². The van der Waals surface area contributed by atoms with Gasteiger partial charge in [0.05, 0.1) is 5.92 Å². The lowest BCUT2D eigenvalue weighted by molar-refractivity contribution is -0.122. The molecule has 0 unspecified atom stereocenters. The Bertz CT molecular complexity index is 583. The van der Waals surface area contributed by atoms with Crippen LogP contribution in [0.25, 0.3) is 0 Å². The summed E-state index contributed by atoms with van der Waals surface area (Å²) in [5.41, 5.74) is 6.82. The molecule has 2 amide bonds. The Morgan fingerprint density at radius 1 is 1.23 bits per heavy atom. The van der Waals surface area contributed by atoms with Crippen LogP contribution in [0.5, 0.6) is 0 Å². The Labute approximate surface area is 129 Å². The first-order valence-corrected chi connectivity index (χ1v) is 7.81. The van der Waals surface area contributed by atoms with Crippen LogP contribution in [0.1, 0.15) is 34.7 Å². The Morgan fingerprint density at radius 2 is 2.00 bits per heavy atom. The smallest absolute Gasteiger partial charge is 0.276 e. The Morgan fingerprint density at radius 3 is 2.77 bits per heavy atom. The average Bonchev–Trinajstić information content (AvgIpc) is 2.82. The van der Waals surface area contributed by atoms with Crippen molar-refractivity contribution in [2.24, 2.45) is 11.7 Å². The fourth-order valence-electron chi connectivity index (χ4n) is 3.24. The van der Waals surface area contributed by atoms with E-state index >= 15 is 0 Å². The molecule has 1 aliphatic carbocycles. The molecular weight excluding hydrogens is 284 g/mol. The number of carbonyl (C=O) groups excluding carboxylic acids is 2.